The monoisotopic (exact) mass is 255 g/mol. The lowest BCUT2D eigenvalue weighted by atomic mass is 10.2. The molecule has 1 aromatic carbocycles. The van der Waals surface area contributed by atoms with E-state index in [-0.39, 0.29) is 0 Å². The first-order valence-electron chi connectivity index (χ1n) is 6.03. The SMILES string of the molecule is O=C(O)c1cc2ccccc2n1CCn1ccnc1. The summed E-state index contributed by atoms with van der Waals surface area (Å²) < 4.78 is 3.76. The van der Waals surface area contributed by atoms with Crippen LogP contribution in [0.15, 0.2) is 49.1 Å². The number of imidazole rings is 1. The number of benzene rings is 1. The van der Waals surface area contributed by atoms with Crippen LogP contribution in [0.5, 0.6) is 0 Å². The first kappa shape index (κ1) is 11.5. The smallest absolute Gasteiger partial charge is 0.352 e. The lowest BCUT2D eigenvalue weighted by Crippen LogP contribution is -2.12. The fraction of sp³-hybridized carbons (Fsp3) is 0.143. The second kappa shape index (κ2) is 4.61. The van der Waals surface area contributed by atoms with Crippen LogP contribution < -0.4 is 0 Å². The number of aryl methyl sites for hydroxylation is 2. The summed E-state index contributed by atoms with van der Waals surface area (Å²) in [6.07, 6.45) is 5.31. The Kier molecular flexibility index (Phi) is 2.79. The highest BCUT2D eigenvalue weighted by atomic mass is 16.4. The molecule has 0 amide bonds. The second-order valence-corrected chi connectivity index (χ2v) is 4.35. The molecule has 0 saturated heterocycles. The van der Waals surface area contributed by atoms with E-state index in [1.54, 1.807) is 18.6 Å². The van der Waals surface area contributed by atoms with Gasteiger partial charge in [0.15, 0.2) is 0 Å². The highest BCUT2D eigenvalue weighted by Gasteiger charge is 2.13. The first-order valence-corrected chi connectivity index (χ1v) is 6.03. The first-order chi connectivity index (χ1) is 9.25. The summed E-state index contributed by atoms with van der Waals surface area (Å²) in [7, 11) is 0. The average Bonchev–Trinajstić information content (AvgIpc) is 3.03. The van der Waals surface area contributed by atoms with E-state index in [0.717, 1.165) is 10.9 Å². The van der Waals surface area contributed by atoms with Crippen LogP contribution in [0.3, 0.4) is 0 Å². The van der Waals surface area contributed by atoms with E-state index in [2.05, 4.69) is 4.98 Å². The third-order valence-electron chi connectivity index (χ3n) is 3.17. The van der Waals surface area contributed by atoms with Crippen LogP contribution in [0.4, 0.5) is 0 Å². The summed E-state index contributed by atoms with van der Waals surface area (Å²) in [5, 5.41) is 10.2. The van der Waals surface area contributed by atoms with Gasteiger partial charge in [0.1, 0.15) is 5.69 Å². The molecular weight excluding hydrogens is 242 g/mol. The van der Waals surface area contributed by atoms with Gasteiger partial charge in [-0.15, -0.1) is 0 Å². The fourth-order valence-corrected chi connectivity index (χ4v) is 2.26. The molecule has 0 unspecified atom stereocenters. The molecule has 0 aliphatic carbocycles. The zero-order chi connectivity index (χ0) is 13.2. The fourth-order valence-electron chi connectivity index (χ4n) is 2.26. The molecule has 2 heterocycles. The van der Waals surface area contributed by atoms with E-state index >= 15 is 0 Å². The number of rotatable bonds is 4. The Hall–Kier alpha value is -2.56. The zero-order valence-electron chi connectivity index (χ0n) is 10.2. The molecule has 19 heavy (non-hydrogen) atoms. The van der Waals surface area contributed by atoms with Crippen molar-refractivity contribution >= 4 is 16.9 Å². The molecule has 2 aromatic heterocycles. The van der Waals surface area contributed by atoms with Gasteiger partial charge in [-0.05, 0) is 12.1 Å². The number of hydrogen-bond donors (Lipinski definition) is 1. The lowest BCUT2D eigenvalue weighted by Gasteiger charge is -2.08. The lowest BCUT2D eigenvalue weighted by molar-refractivity contribution is 0.0685. The second-order valence-electron chi connectivity index (χ2n) is 4.35. The molecule has 5 nitrogen and oxygen atoms in total. The normalized spacial score (nSPS) is 10.9. The number of fused-ring (bicyclic) bond motifs is 1. The largest absolute Gasteiger partial charge is 0.477 e. The number of carbonyl (C=O) groups is 1. The summed E-state index contributed by atoms with van der Waals surface area (Å²) in [6.45, 7) is 1.30. The number of aromatic nitrogens is 3. The molecule has 0 spiro atoms. The van der Waals surface area contributed by atoms with Crippen LogP contribution in [0.2, 0.25) is 0 Å². The van der Waals surface area contributed by atoms with Gasteiger partial charge in [0.2, 0.25) is 0 Å². The summed E-state index contributed by atoms with van der Waals surface area (Å²) in [6, 6.07) is 9.41. The standard InChI is InChI=1S/C14H13N3O2/c18-14(19)13-9-11-3-1-2-4-12(11)17(13)8-7-16-6-5-15-10-16/h1-6,9-10H,7-8H2,(H,18,19). The van der Waals surface area contributed by atoms with Crippen LogP contribution in [0.25, 0.3) is 10.9 Å². The van der Waals surface area contributed by atoms with Crippen molar-refractivity contribution in [3.63, 3.8) is 0 Å². The number of nitrogens with zero attached hydrogens (tertiary/aromatic N) is 3. The maximum absolute atomic E-state index is 11.3. The number of aromatic carboxylic acids is 1. The molecule has 1 N–H and O–H groups in total. The summed E-state index contributed by atoms with van der Waals surface area (Å²) in [5.41, 5.74) is 1.27. The molecule has 0 radical (unpaired) electrons. The maximum atomic E-state index is 11.3. The molecule has 0 saturated carbocycles. The van der Waals surface area contributed by atoms with E-state index in [1.807, 2.05) is 39.6 Å². The minimum Gasteiger partial charge on any atom is -0.477 e. The predicted octanol–water partition coefficient (Wildman–Crippen LogP) is 2.24. The van der Waals surface area contributed by atoms with Crippen LogP contribution in [-0.2, 0) is 13.1 Å². The van der Waals surface area contributed by atoms with Gasteiger partial charge in [0, 0.05) is 36.4 Å². The third-order valence-corrected chi connectivity index (χ3v) is 3.17. The molecule has 3 rings (SSSR count). The van der Waals surface area contributed by atoms with Gasteiger partial charge in [0.25, 0.3) is 0 Å². The molecular formula is C14H13N3O2. The molecule has 5 heteroatoms. The third kappa shape index (κ3) is 2.10. The van der Waals surface area contributed by atoms with Gasteiger partial charge in [0.05, 0.1) is 6.33 Å². The highest BCUT2D eigenvalue weighted by Crippen LogP contribution is 2.20. The minimum atomic E-state index is -0.901. The van der Waals surface area contributed by atoms with Crippen LogP contribution in [0, 0.1) is 0 Å². The van der Waals surface area contributed by atoms with Crippen molar-refractivity contribution < 1.29 is 9.90 Å². The molecule has 0 aliphatic heterocycles. The quantitative estimate of drug-likeness (QED) is 0.777. The van der Waals surface area contributed by atoms with Gasteiger partial charge < -0.3 is 14.2 Å². The Bertz CT molecular complexity index is 713. The molecule has 96 valence electrons. The van der Waals surface area contributed by atoms with E-state index in [1.165, 1.54) is 0 Å². The van der Waals surface area contributed by atoms with Crippen molar-refractivity contribution in [2.45, 2.75) is 13.1 Å². The average molecular weight is 255 g/mol. The van der Waals surface area contributed by atoms with Gasteiger partial charge in [-0.3, -0.25) is 0 Å². The van der Waals surface area contributed by atoms with Crippen molar-refractivity contribution in [1.82, 2.24) is 14.1 Å². The molecule has 0 atom stereocenters. The van der Waals surface area contributed by atoms with Crippen molar-refractivity contribution in [3.05, 3.63) is 54.7 Å². The molecule has 0 aliphatic rings. The van der Waals surface area contributed by atoms with E-state index in [4.69, 9.17) is 0 Å². The predicted molar refractivity (Wildman–Crippen MR) is 71.1 cm³/mol. The summed E-state index contributed by atoms with van der Waals surface area (Å²) in [4.78, 5) is 15.3. The van der Waals surface area contributed by atoms with Crippen molar-refractivity contribution in [3.8, 4) is 0 Å². The number of carboxylic acids is 1. The Morgan fingerprint density at radius 2 is 2.11 bits per heavy atom. The number of carboxylic acid groups (broad SMARTS) is 1. The van der Waals surface area contributed by atoms with Crippen LogP contribution in [-0.4, -0.2) is 25.2 Å². The van der Waals surface area contributed by atoms with Crippen molar-refractivity contribution in [2.75, 3.05) is 0 Å². The molecule has 3 aromatic rings. The summed E-state index contributed by atoms with van der Waals surface area (Å²) >= 11 is 0. The Morgan fingerprint density at radius 3 is 2.84 bits per heavy atom. The molecule has 0 fully saturated rings. The Labute approximate surface area is 109 Å². The number of hydrogen-bond acceptors (Lipinski definition) is 2. The minimum absolute atomic E-state index is 0.321. The van der Waals surface area contributed by atoms with Gasteiger partial charge >= 0.3 is 5.97 Å². The van der Waals surface area contributed by atoms with Gasteiger partial charge in [-0.25, -0.2) is 9.78 Å². The molecule has 0 bridgehead atoms. The van der Waals surface area contributed by atoms with Gasteiger partial charge in [-0.1, -0.05) is 18.2 Å². The van der Waals surface area contributed by atoms with Crippen molar-refractivity contribution in [2.24, 2.45) is 0 Å². The van der Waals surface area contributed by atoms with Crippen LogP contribution in [0.1, 0.15) is 10.5 Å². The van der Waals surface area contributed by atoms with E-state index in [9.17, 15) is 9.90 Å². The Balaban J connectivity index is 2.00. The zero-order valence-corrected chi connectivity index (χ0v) is 10.2. The summed E-state index contributed by atoms with van der Waals surface area (Å²) in [5.74, 6) is -0.901. The van der Waals surface area contributed by atoms with E-state index < -0.39 is 5.97 Å². The highest BCUT2D eigenvalue weighted by molar-refractivity contribution is 5.94. The number of para-hydroxylation sites is 1. The Morgan fingerprint density at radius 1 is 1.26 bits per heavy atom. The van der Waals surface area contributed by atoms with E-state index in [0.29, 0.717) is 18.8 Å². The van der Waals surface area contributed by atoms with Crippen LogP contribution >= 0.6 is 0 Å². The van der Waals surface area contributed by atoms with Gasteiger partial charge in [-0.2, -0.15) is 0 Å². The topological polar surface area (TPSA) is 60.0 Å². The maximum Gasteiger partial charge on any atom is 0.352 e. The van der Waals surface area contributed by atoms with Crippen molar-refractivity contribution in [1.29, 1.82) is 0 Å².